The second kappa shape index (κ2) is 9.34. The number of para-hydroxylation sites is 1. The van der Waals surface area contributed by atoms with Crippen molar-refractivity contribution in [1.82, 2.24) is 24.5 Å². The third-order valence-electron chi connectivity index (χ3n) is 5.98. The van der Waals surface area contributed by atoms with Crippen molar-refractivity contribution in [2.45, 2.75) is 25.5 Å². The van der Waals surface area contributed by atoms with Gasteiger partial charge in [-0.15, -0.1) is 10.2 Å². The van der Waals surface area contributed by atoms with E-state index in [4.69, 9.17) is 0 Å². The van der Waals surface area contributed by atoms with Crippen LogP contribution in [0, 0.1) is 19.7 Å². The van der Waals surface area contributed by atoms with Crippen LogP contribution in [-0.2, 0) is 11.3 Å². The van der Waals surface area contributed by atoms with Crippen molar-refractivity contribution >= 4 is 34.3 Å². The van der Waals surface area contributed by atoms with E-state index in [1.54, 1.807) is 33.2 Å². The molecule has 176 valence electrons. The number of carbonyl (C=O) groups is 1. The molecule has 0 radical (unpaired) electrons. The highest BCUT2D eigenvalue weighted by Gasteiger charge is 2.19. The molecular weight excluding hydrogens is 465 g/mol. The number of halogens is 1. The molecule has 1 amide bonds. The van der Waals surface area contributed by atoms with Gasteiger partial charge in [0, 0.05) is 12.1 Å². The summed E-state index contributed by atoms with van der Waals surface area (Å²) in [5.74, 6) is -0.190. The zero-order valence-corrected chi connectivity index (χ0v) is 20.0. The minimum Gasteiger partial charge on any atom is -0.351 e. The number of rotatable bonds is 6. The fraction of sp³-hybridized carbons (Fsp3) is 0.154. The minimum absolute atomic E-state index is 0.0617. The van der Waals surface area contributed by atoms with Gasteiger partial charge >= 0.3 is 0 Å². The highest BCUT2D eigenvalue weighted by Crippen LogP contribution is 2.25. The molecule has 0 saturated carbocycles. The van der Waals surface area contributed by atoms with Crippen LogP contribution in [0.2, 0.25) is 0 Å². The first-order valence-electron chi connectivity index (χ1n) is 11.0. The van der Waals surface area contributed by atoms with E-state index in [2.05, 4.69) is 15.5 Å². The fourth-order valence-electron chi connectivity index (χ4n) is 3.98. The van der Waals surface area contributed by atoms with Crippen molar-refractivity contribution in [3.8, 4) is 5.69 Å². The lowest BCUT2D eigenvalue weighted by Gasteiger charge is -2.14. The van der Waals surface area contributed by atoms with Crippen LogP contribution in [-0.4, -0.2) is 30.8 Å². The van der Waals surface area contributed by atoms with Crippen LogP contribution in [0.5, 0.6) is 0 Å². The molecule has 0 spiro atoms. The van der Waals surface area contributed by atoms with Gasteiger partial charge in [0.15, 0.2) is 5.16 Å². The second-order valence-electron chi connectivity index (χ2n) is 8.15. The Balaban J connectivity index is 1.51. The standard InChI is InChI=1S/C26H22FN5O2S/c1-16-8-7-13-21(17(16)2)31-24(34)19-10-4-6-12-22(19)32-25(31)29-30-26(32)35-15-23(33)28-14-18-9-3-5-11-20(18)27/h3-13H,14-15H2,1-2H3,(H,28,33). The van der Waals surface area contributed by atoms with Gasteiger partial charge in [-0.1, -0.05) is 54.2 Å². The predicted octanol–water partition coefficient (Wildman–Crippen LogP) is 4.20. The van der Waals surface area contributed by atoms with Crippen LogP contribution in [0.3, 0.4) is 0 Å². The molecule has 2 aromatic heterocycles. The molecule has 0 aliphatic carbocycles. The first-order chi connectivity index (χ1) is 17.0. The monoisotopic (exact) mass is 487 g/mol. The van der Waals surface area contributed by atoms with E-state index >= 15 is 0 Å². The molecule has 5 aromatic rings. The Labute approximate surface area is 204 Å². The van der Waals surface area contributed by atoms with Crippen LogP contribution in [0.4, 0.5) is 4.39 Å². The Morgan fingerprint density at radius 1 is 1.00 bits per heavy atom. The largest absolute Gasteiger partial charge is 0.351 e. The smallest absolute Gasteiger partial charge is 0.267 e. The molecular formula is C26H22FN5O2S. The Morgan fingerprint density at radius 2 is 1.77 bits per heavy atom. The van der Waals surface area contributed by atoms with Gasteiger partial charge in [-0.05, 0) is 49.2 Å². The maximum atomic E-state index is 13.8. The van der Waals surface area contributed by atoms with Crippen molar-refractivity contribution in [1.29, 1.82) is 0 Å². The molecule has 7 nitrogen and oxygen atoms in total. The number of thioether (sulfide) groups is 1. The lowest BCUT2D eigenvalue weighted by Crippen LogP contribution is -2.25. The van der Waals surface area contributed by atoms with Crippen molar-refractivity contribution in [3.63, 3.8) is 0 Å². The normalized spacial score (nSPS) is 11.3. The third-order valence-corrected chi connectivity index (χ3v) is 6.91. The number of hydrogen-bond acceptors (Lipinski definition) is 5. The van der Waals surface area contributed by atoms with Crippen molar-refractivity contribution < 1.29 is 9.18 Å². The van der Waals surface area contributed by atoms with Crippen molar-refractivity contribution in [3.05, 3.63) is 99.6 Å². The molecule has 0 bridgehead atoms. The van der Waals surface area contributed by atoms with Crippen molar-refractivity contribution in [2.75, 3.05) is 5.75 Å². The zero-order valence-electron chi connectivity index (χ0n) is 19.2. The summed E-state index contributed by atoms with van der Waals surface area (Å²) in [6, 6.07) is 19.4. The summed E-state index contributed by atoms with van der Waals surface area (Å²) in [6.45, 7) is 4.06. The van der Waals surface area contributed by atoms with E-state index in [0.717, 1.165) is 16.8 Å². The van der Waals surface area contributed by atoms with E-state index in [0.29, 0.717) is 27.4 Å². The van der Waals surface area contributed by atoms with Gasteiger partial charge < -0.3 is 5.32 Å². The third kappa shape index (κ3) is 4.19. The summed E-state index contributed by atoms with van der Waals surface area (Å²) < 4.78 is 17.2. The van der Waals surface area contributed by atoms with Crippen molar-refractivity contribution in [2.24, 2.45) is 0 Å². The number of fused-ring (bicyclic) bond motifs is 3. The quantitative estimate of drug-likeness (QED) is 0.363. The van der Waals surface area contributed by atoms with Gasteiger partial charge in [-0.3, -0.25) is 14.0 Å². The molecule has 2 heterocycles. The van der Waals surface area contributed by atoms with Crippen LogP contribution >= 0.6 is 11.8 Å². The molecule has 0 fully saturated rings. The van der Waals surface area contributed by atoms with Gasteiger partial charge in [0.1, 0.15) is 5.82 Å². The summed E-state index contributed by atoms with van der Waals surface area (Å²) in [6.07, 6.45) is 0. The number of carbonyl (C=O) groups excluding carboxylic acids is 1. The number of nitrogens with zero attached hydrogens (tertiary/aromatic N) is 4. The first kappa shape index (κ1) is 22.8. The van der Waals surface area contributed by atoms with Gasteiger partial charge in [0.05, 0.1) is 22.3 Å². The predicted molar refractivity (Wildman–Crippen MR) is 135 cm³/mol. The average molecular weight is 488 g/mol. The summed E-state index contributed by atoms with van der Waals surface area (Å²) >= 11 is 1.20. The van der Waals surface area contributed by atoms with E-state index in [-0.39, 0.29) is 29.6 Å². The number of amides is 1. The summed E-state index contributed by atoms with van der Waals surface area (Å²) in [4.78, 5) is 26.0. The number of aromatic nitrogens is 4. The second-order valence-corrected chi connectivity index (χ2v) is 9.09. The maximum Gasteiger partial charge on any atom is 0.267 e. The molecule has 5 rings (SSSR count). The molecule has 0 aliphatic heterocycles. The Kier molecular flexibility index (Phi) is 6.08. The van der Waals surface area contributed by atoms with Gasteiger partial charge in [-0.2, -0.15) is 0 Å². The van der Waals surface area contributed by atoms with E-state index < -0.39 is 0 Å². The highest BCUT2D eigenvalue weighted by molar-refractivity contribution is 7.99. The molecule has 0 aliphatic rings. The molecule has 1 N–H and O–H groups in total. The van der Waals surface area contributed by atoms with Gasteiger partial charge in [0.25, 0.3) is 5.56 Å². The molecule has 0 atom stereocenters. The molecule has 9 heteroatoms. The number of aryl methyl sites for hydroxylation is 1. The average Bonchev–Trinajstić information content (AvgIpc) is 3.28. The summed E-state index contributed by atoms with van der Waals surface area (Å²) in [5, 5.41) is 12.4. The van der Waals surface area contributed by atoms with Gasteiger partial charge in [0.2, 0.25) is 11.7 Å². The molecule has 0 saturated heterocycles. The van der Waals surface area contributed by atoms with E-state index in [1.165, 1.54) is 17.8 Å². The topological polar surface area (TPSA) is 81.3 Å². The summed E-state index contributed by atoms with van der Waals surface area (Å²) in [5.41, 5.74) is 3.65. The van der Waals surface area contributed by atoms with Gasteiger partial charge in [-0.25, -0.2) is 8.96 Å². The Bertz CT molecular complexity index is 1640. The first-order valence-corrected chi connectivity index (χ1v) is 12.0. The maximum absolute atomic E-state index is 13.8. The van der Waals surface area contributed by atoms with Crippen LogP contribution in [0.1, 0.15) is 16.7 Å². The van der Waals surface area contributed by atoms with E-state index in [1.807, 2.05) is 50.2 Å². The number of benzene rings is 3. The Morgan fingerprint density at radius 3 is 2.60 bits per heavy atom. The van der Waals surface area contributed by atoms with E-state index in [9.17, 15) is 14.0 Å². The number of nitrogens with one attached hydrogen (secondary N) is 1. The lowest BCUT2D eigenvalue weighted by atomic mass is 10.1. The summed E-state index contributed by atoms with van der Waals surface area (Å²) in [7, 11) is 0. The molecule has 35 heavy (non-hydrogen) atoms. The Hall–Kier alpha value is -3.98. The number of hydrogen-bond donors (Lipinski definition) is 1. The van der Waals surface area contributed by atoms with Crippen LogP contribution in [0.15, 0.2) is 76.7 Å². The van der Waals surface area contributed by atoms with Crippen LogP contribution < -0.4 is 10.9 Å². The molecule has 3 aromatic carbocycles. The SMILES string of the molecule is Cc1cccc(-n2c(=O)c3ccccc3n3c(SCC(=O)NCc4ccccc4F)nnc23)c1C. The minimum atomic E-state index is -0.361. The molecule has 0 unspecified atom stereocenters. The highest BCUT2D eigenvalue weighted by atomic mass is 32.2. The van der Waals surface area contributed by atoms with Crippen LogP contribution in [0.25, 0.3) is 22.4 Å². The lowest BCUT2D eigenvalue weighted by molar-refractivity contribution is -0.118. The zero-order chi connectivity index (χ0) is 24.5. The fourth-order valence-corrected chi connectivity index (χ4v) is 4.75.